The van der Waals surface area contributed by atoms with Gasteiger partial charge >= 0.3 is 0 Å². The molecule has 1 rings (SSSR count). The summed E-state index contributed by atoms with van der Waals surface area (Å²) < 4.78 is 5.39. The Morgan fingerprint density at radius 1 is 1.40 bits per heavy atom. The molecular weight excluding hydrogens is 192 g/mol. The molecule has 1 amide bonds. The van der Waals surface area contributed by atoms with Gasteiger partial charge in [0.25, 0.3) is 0 Å². The maximum absolute atomic E-state index is 11.2. The van der Waals surface area contributed by atoms with Crippen LogP contribution in [0.1, 0.15) is 6.42 Å². The lowest BCUT2D eigenvalue weighted by molar-refractivity contribution is -0.129. The lowest BCUT2D eigenvalue weighted by Gasteiger charge is -2.11. The van der Waals surface area contributed by atoms with E-state index in [-0.39, 0.29) is 5.91 Å². The summed E-state index contributed by atoms with van der Waals surface area (Å²) in [5.74, 6) is 0.675. The van der Waals surface area contributed by atoms with E-state index in [0.29, 0.717) is 24.5 Å². The maximum Gasteiger partial charge on any atom is 0.225 e. The van der Waals surface area contributed by atoms with Crippen molar-refractivity contribution in [2.24, 2.45) is 0 Å². The summed E-state index contributed by atoms with van der Waals surface area (Å²) in [5, 5.41) is 0. The third kappa shape index (κ3) is 3.50. The van der Waals surface area contributed by atoms with Gasteiger partial charge in [-0.25, -0.2) is 0 Å². The van der Waals surface area contributed by atoms with Gasteiger partial charge in [0.1, 0.15) is 5.75 Å². The summed E-state index contributed by atoms with van der Waals surface area (Å²) >= 11 is 0. The largest absolute Gasteiger partial charge is 0.491 e. The van der Waals surface area contributed by atoms with Crippen LogP contribution >= 0.6 is 0 Å². The number of hydrogen-bond donors (Lipinski definition) is 1. The Hall–Kier alpha value is -1.71. The molecule has 0 aliphatic rings. The first kappa shape index (κ1) is 11.4. The van der Waals surface area contributed by atoms with Crippen LogP contribution in [0, 0.1) is 0 Å². The highest BCUT2D eigenvalue weighted by atomic mass is 16.5. The van der Waals surface area contributed by atoms with E-state index in [1.807, 2.05) is 12.1 Å². The molecule has 0 spiro atoms. The zero-order valence-electron chi connectivity index (χ0n) is 9.06. The second-order valence-corrected chi connectivity index (χ2v) is 3.42. The van der Waals surface area contributed by atoms with Crippen molar-refractivity contribution < 1.29 is 9.53 Å². The molecule has 0 fully saturated rings. The summed E-state index contributed by atoms with van der Waals surface area (Å²) in [7, 11) is 3.44. The van der Waals surface area contributed by atoms with E-state index < -0.39 is 0 Å². The molecule has 0 unspecified atom stereocenters. The second-order valence-electron chi connectivity index (χ2n) is 3.42. The third-order valence-electron chi connectivity index (χ3n) is 1.99. The highest BCUT2D eigenvalue weighted by Gasteiger charge is 2.04. The van der Waals surface area contributed by atoms with Gasteiger partial charge in [0, 0.05) is 14.1 Å². The van der Waals surface area contributed by atoms with Gasteiger partial charge < -0.3 is 15.4 Å². The molecule has 15 heavy (non-hydrogen) atoms. The fourth-order valence-corrected chi connectivity index (χ4v) is 1.08. The summed E-state index contributed by atoms with van der Waals surface area (Å²) in [6, 6.07) is 7.24. The fraction of sp³-hybridized carbons (Fsp3) is 0.364. The van der Waals surface area contributed by atoms with Gasteiger partial charge in [0.2, 0.25) is 5.91 Å². The molecule has 0 heterocycles. The third-order valence-corrected chi connectivity index (χ3v) is 1.99. The minimum atomic E-state index is 0.0458. The van der Waals surface area contributed by atoms with Crippen molar-refractivity contribution in [1.29, 1.82) is 0 Å². The molecule has 0 atom stereocenters. The summed E-state index contributed by atoms with van der Waals surface area (Å²) in [5.41, 5.74) is 6.27. The predicted molar refractivity (Wildman–Crippen MR) is 59.7 cm³/mol. The fourth-order valence-electron chi connectivity index (χ4n) is 1.08. The van der Waals surface area contributed by atoms with Crippen molar-refractivity contribution >= 4 is 11.6 Å². The number of nitrogen functional groups attached to an aromatic ring is 1. The number of nitrogens with two attached hydrogens (primary N) is 1. The van der Waals surface area contributed by atoms with E-state index in [0.717, 1.165) is 0 Å². The Kier molecular flexibility index (Phi) is 3.97. The predicted octanol–water partition coefficient (Wildman–Crippen LogP) is 1.13. The molecule has 0 bridgehead atoms. The van der Waals surface area contributed by atoms with Crippen LogP contribution in [0.4, 0.5) is 5.69 Å². The van der Waals surface area contributed by atoms with Crippen LogP contribution in [0.2, 0.25) is 0 Å². The minimum Gasteiger partial charge on any atom is -0.491 e. The van der Waals surface area contributed by atoms with Gasteiger partial charge in [-0.05, 0) is 12.1 Å². The molecule has 0 saturated heterocycles. The lowest BCUT2D eigenvalue weighted by atomic mass is 10.3. The van der Waals surface area contributed by atoms with Crippen molar-refractivity contribution in [2.75, 3.05) is 26.4 Å². The van der Waals surface area contributed by atoms with Gasteiger partial charge in [-0.1, -0.05) is 12.1 Å². The molecule has 0 saturated carbocycles. The number of para-hydroxylation sites is 2. The van der Waals surface area contributed by atoms with E-state index in [9.17, 15) is 4.79 Å². The van der Waals surface area contributed by atoms with Crippen LogP contribution in [-0.2, 0) is 4.79 Å². The number of rotatable bonds is 4. The topological polar surface area (TPSA) is 55.6 Å². The van der Waals surface area contributed by atoms with Gasteiger partial charge in [-0.15, -0.1) is 0 Å². The van der Waals surface area contributed by atoms with E-state index >= 15 is 0 Å². The van der Waals surface area contributed by atoms with Gasteiger partial charge in [0.05, 0.1) is 18.7 Å². The van der Waals surface area contributed by atoms with Gasteiger partial charge in [0.15, 0.2) is 0 Å². The number of hydrogen-bond acceptors (Lipinski definition) is 3. The normalized spacial score (nSPS) is 9.73. The monoisotopic (exact) mass is 208 g/mol. The molecule has 0 aliphatic heterocycles. The molecular formula is C11H16N2O2. The number of anilines is 1. The van der Waals surface area contributed by atoms with Gasteiger partial charge in [-0.2, -0.15) is 0 Å². The quantitative estimate of drug-likeness (QED) is 0.754. The Morgan fingerprint density at radius 3 is 2.67 bits per heavy atom. The van der Waals surface area contributed by atoms with E-state index in [1.54, 1.807) is 26.2 Å². The average molecular weight is 208 g/mol. The first-order valence-corrected chi connectivity index (χ1v) is 4.78. The smallest absolute Gasteiger partial charge is 0.225 e. The number of carbonyl (C=O) groups is 1. The second kappa shape index (κ2) is 5.24. The van der Waals surface area contributed by atoms with Crippen molar-refractivity contribution in [1.82, 2.24) is 4.90 Å². The first-order chi connectivity index (χ1) is 7.11. The van der Waals surface area contributed by atoms with Crippen LogP contribution in [-0.4, -0.2) is 31.5 Å². The molecule has 4 heteroatoms. The van der Waals surface area contributed by atoms with Crippen LogP contribution in [0.3, 0.4) is 0 Å². The summed E-state index contributed by atoms with van der Waals surface area (Å²) in [4.78, 5) is 12.8. The Balaban J connectivity index is 2.38. The number of benzene rings is 1. The van der Waals surface area contributed by atoms with Crippen LogP contribution in [0.15, 0.2) is 24.3 Å². The Labute approximate surface area is 89.6 Å². The van der Waals surface area contributed by atoms with Crippen LogP contribution in [0.25, 0.3) is 0 Å². The molecule has 0 aliphatic carbocycles. The molecule has 1 aromatic carbocycles. The first-order valence-electron chi connectivity index (χ1n) is 4.78. The standard InChI is InChI=1S/C11H16N2O2/c1-13(2)11(14)7-8-15-10-6-4-3-5-9(10)12/h3-6H,7-8,12H2,1-2H3. The van der Waals surface area contributed by atoms with Crippen LogP contribution < -0.4 is 10.5 Å². The van der Waals surface area contributed by atoms with Crippen molar-refractivity contribution in [3.8, 4) is 5.75 Å². The van der Waals surface area contributed by atoms with Crippen LogP contribution in [0.5, 0.6) is 5.75 Å². The van der Waals surface area contributed by atoms with Gasteiger partial charge in [-0.3, -0.25) is 4.79 Å². The summed E-state index contributed by atoms with van der Waals surface area (Å²) in [6.07, 6.45) is 0.362. The number of nitrogens with zero attached hydrogens (tertiary/aromatic N) is 1. The molecule has 0 aromatic heterocycles. The number of amides is 1. The van der Waals surface area contributed by atoms with Crippen molar-refractivity contribution in [3.05, 3.63) is 24.3 Å². The minimum absolute atomic E-state index is 0.0458. The van der Waals surface area contributed by atoms with Crippen molar-refractivity contribution in [2.45, 2.75) is 6.42 Å². The highest BCUT2D eigenvalue weighted by Crippen LogP contribution is 2.19. The SMILES string of the molecule is CN(C)C(=O)CCOc1ccccc1N. The zero-order valence-corrected chi connectivity index (χ0v) is 9.06. The Bertz CT molecular complexity index is 337. The molecule has 0 radical (unpaired) electrons. The average Bonchev–Trinajstić information content (AvgIpc) is 2.20. The van der Waals surface area contributed by atoms with E-state index in [4.69, 9.17) is 10.5 Å². The summed E-state index contributed by atoms with van der Waals surface area (Å²) in [6.45, 7) is 0.352. The maximum atomic E-state index is 11.2. The zero-order chi connectivity index (χ0) is 11.3. The Morgan fingerprint density at radius 2 is 2.07 bits per heavy atom. The number of ether oxygens (including phenoxy) is 1. The highest BCUT2D eigenvalue weighted by molar-refractivity contribution is 5.75. The molecule has 4 nitrogen and oxygen atoms in total. The molecule has 2 N–H and O–H groups in total. The number of carbonyl (C=O) groups excluding carboxylic acids is 1. The van der Waals surface area contributed by atoms with E-state index in [2.05, 4.69) is 0 Å². The lowest BCUT2D eigenvalue weighted by Crippen LogP contribution is -2.23. The van der Waals surface area contributed by atoms with E-state index in [1.165, 1.54) is 4.90 Å². The van der Waals surface area contributed by atoms with Crippen molar-refractivity contribution in [3.63, 3.8) is 0 Å². The molecule has 1 aromatic rings. The molecule has 82 valence electrons.